The first-order valence-corrected chi connectivity index (χ1v) is 7.53. The first-order valence-electron chi connectivity index (χ1n) is 6.31. The van der Waals surface area contributed by atoms with E-state index in [0.717, 1.165) is 11.3 Å². The number of carboxylic acids is 1. The van der Waals surface area contributed by atoms with Gasteiger partial charge in [-0.15, -0.1) is 11.8 Å². The second-order valence-electron chi connectivity index (χ2n) is 4.54. The predicted octanol–water partition coefficient (Wildman–Crippen LogP) is 4.03. The molecule has 2 aromatic carbocycles. The lowest BCUT2D eigenvalue weighted by molar-refractivity contribution is 0.0697. The van der Waals surface area contributed by atoms with Crippen LogP contribution in [0.25, 0.3) is 0 Å². The zero-order chi connectivity index (χ0) is 14.5. The van der Waals surface area contributed by atoms with E-state index in [4.69, 9.17) is 5.11 Å². The van der Waals surface area contributed by atoms with Gasteiger partial charge in [-0.25, -0.2) is 4.79 Å². The zero-order valence-corrected chi connectivity index (χ0v) is 12.3. The third kappa shape index (κ3) is 3.54. The quantitative estimate of drug-likeness (QED) is 0.815. The second-order valence-corrected chi connectivity index (χ2v) is 5.42. The fraction of sp³-hybridized carbons (Fsp3) is 0.188. The SMILES string of the molecule is CSc1ccc(CNc2cc(C(=O)O)ccc2C)cc1. The van der Waals surface area contributed by atoms with Crippen molar-refractivity contribution in [1.82, 2.24) is 0 Å². The van der Waals surface area contributed by atoms with Crippen molar-refractivity contribution >= 4 is 23.4 Å². The molecule has 0 saturated heterocycles. The van der Waals surface area contributed by atoms with Gasteiger partial charge in [0.2, 0.25) is 0 Å². The molecule has 3 nitrogen and oxygen atoms in total. The maximum Gasteiger partial charge on any atom is 0.335 e. The van der Waals surface area contributed by atoms with E-state index in [-0.39, 0.29) is 0 Å². The summed E-state index contributed by atoms with van der Waals surface area (Å²) in [6.45, 7) is 2.64. The minimum Gasteiger partial charge on any atom is -0.478 e. The van der Waals surface area contributed by atoms with Gasteiger partial charge in [0.15, 0.2) is 0 Å². The fourth-order valence-electron chi connectivity index (χ4n) is 1.89. The summed E-state index contributed by atoms with van der Waals surface area (Å²) in [5.74, 6) is -0.905. The summed E-state index contributed by atoms with van der Waals surface area (Å²) in [5, 5.41) is 12.3. The number of hydrogen-bond acceptors (Lipinski definition) is 3. The van der Waals surface area contributed by atoms with Crippen LogP contribution in [-0.4, -0.2) is 17.3 Å². The van der Waals surface area contributed by atoms with Crippen molar-refractivity contribution in [1.29, 1.82) is 0 Å². The summed E-state index contributed by atoms with van der Waals surface area (Å²) in [4.78, 5) is 12.2. The Balaban J connectivity index is 2.09. The van der Waals surface area contributed by atoms with Crippen LogP contribution in [0.1, 0.15) is 21.5 Å². The lowest BCUT2D eigenvalue weighted by Crippen LogP contribution is -2.03. The fourth-order valence-corrected chi connectivity index (χ4v) is 2.29. The lowest BCUT2D eigenvalue weighted by atomic mass is 10.1. The average Bonchev–Trinajstić information content (AvgIpc) is 2.46. The van der Waals surface area contributed by atoms with Gasteiger partial charge in [-0.2, -0.15) is 0 Å². The first kappa shape index (κ1) is 14.5. The van der Waals surface area contributed by atoms with Crippen molar-refractivity contribution in [3.63, 3.8) is 0 Å². The molecule has 0 aliphatic heterocycles. The van der Waals surface area contributed by atoms with Crippen molar-refractivity contribution < 1.29 is 9.90 Å². The van der Waals surface area contributed by atoms with Gasteiger partial charge in [-0.1, -0.05) is 18.2 Å². The molecular weight excluding hydrogens is 270 g/mol. The average molecular weight is 287 g/mol. The molecule has 4 heteroatoms. The minimum atomic E-state index is -0.905. The Bertz CT molecular complexity index is 608. The number of nitrogens with one attached hydrogen (secondary N) is 1. The highest BCUT2D eigenvalue weighted by atomic mass is 32.2. The van der Waals surface area contributed by atoms with Gasteiger partial charge in [0.25, 0.3) is 0 Å². The Kier molecular flexibility index (Phi) is 4.69. The van der Waals surface area contributed by atoms with Crippen LogP contribution in [0.4, 0.5) is 5.69 Å². The topological polar surface area (TPSA) is 49.3 Å². The molecule has 0 fully saturated rings. The summed E-state index contributed by atoms with van der Waals surface area (Å²) in [6, 6.07) is 13.4. The molecule has 0 aliphatic carbocycles. The maximum absolute atomic E-state index is 11.0. The smallest absolute Gasteiger partial charge is 0.335 e. The van der Waals surface area contributed by atoms with Crippen LogP contribution in [-0.2, 0) is 6.54 Å². The van der Waals surface area contributed by atoms with E-state index in [1.54, 1.807) is 23.9 Å². The van der Waals surface area contributed by atoms with Crippen molar-refractivity contribution in [3.8, 4) is 0 Å². The van der Waals surface area contributed by atoms with Crippen molar-refractivity contribution in [2.75, 3.05) is 11.6 Å². The molecule has 0 amide bonds. The van der Waals surface area contributed by atoms with Crippen LogP contribution < -0.4 is 5.32 Å². The molecule has 0 atom stereocenters. The highest BCUT2D eigenvalue weighted by Gasteiger charge is 2.06. The predicted molar refractivity (Wildman–Crippen MR) is 83.7 cm³/mol. The van der Waals surface area contributed by atoms with E-state index in [2.05, 4.69) is 29.6 Å². The second kappa shape index (κ2) is 6.48. The Morgan fingerprint density at radius 1 is 1.20 bits per heavy atom. The van der Waals surface area contributed by atoms with E-state index >= 15 is 0 Å². The van der Waals surface area contributed by atoms with Gasteiger partial charge in [0, 0.05) is 17.1 Å². The van der Waals surface area contributed by atoms with E-state index in [1.807, 2.05) is 19.2 Å². The summed E-state index contributed by atoms with van der Waals surface area (Å²) in [6.07, 6.45) is 2.05. The van der Waals surface area contributed by atoms with Crippen molar-refractivity contribution in [2.24, 2.45) is 0 Å². The molecule has 2 rings (SSSR count). The Labute approximate surface area is 123 Å². The Morgan fingerprint density at radius 3 is 2.50 bits per heavy atom. The zero-order valence-electron chi connectivity index (χ0n) is 11.5. The number of aryl methyl sites for hydroxylation is 1. The molecule has 0 aliphatic rings. The van der Waals surface area contributed by atoms with Gasteiger partial charge in [0.05, 0.1) is 5.56 Å². The summed E-state index contributed by atoms with van der Waals surface area (Å²) >= 11 is 1.71. The summed E-state index contributed by atoms with van der Waals surface area (Å²) < 4.78 is 0. The van der Waals surface area contributed by atoms with Crippen molar-refractivity contribution in [3.05, 3.63) is 59.2 Å². The third-order valence-corrected chi connectivity index (χ3v) is 3.87. The minimum absolute atomic E-state index is 0.302. The molecule has 0 heterocycles. The number of hydrogen-bond donors (Lipinski definition) is 2. The van der Waals surface area contributed by atoms with E-state index in [9.17, 15) is 4.79 Å². The normalized spacial score (nSPS) is 10.3. The van der Waals surface area contributed by atoms with Gasteiger partial charge >= 0.3 is 5.97 Å². The van der Waals surface area contributed by atoms with Gasteiger partial charge in [-0.3, -0.25) is 0 Å². The Hall–Kier alpha value is -1.94. The monoisotopic (exact) mass is 287 g/mol. The summed E-state index contributed by atoms with van der Waals surface area (Å²) in [5.41, 5.74) is 3.37. The maximum atomic E-state index is 11.0. The molecule has 0 spiro atoms. The number of benzene rings is 2. The molecule has 2 N–H and O–H groups in total. The van der Waals surface area contributed by atoms with E-state index in [0.29, 0.717) is 12.1 Å². The molecule has 104 valence electrons. The van der Waals surface area contributed by atoms with Crippen LogP contribution in [0.3, 0.4) is 0 Å². The van der Waals surface area contributed by atoms with Crippen LogP contribution in [0, 0.1) is 6.92 Å². The molecule has 0 aromatic heterocycles. The van der Waals surface area contributed by atoms with E-state index < -0.39 is 5.97 Å². The largest absolute Gasteiger partial charge is 0.478 e. The number of carboxylic acid groups (broad SMARTS) is 1. The standard InChI is InChI=1S/C16H17NO2S/c1-11-3-6-13(16(18)19)9-15(11)17-10-12-4-7-14(20-2)8-5-12/h3-9,17H,10H2,1-2H3,(H,18,19). The molecule has 0 bridgehead atoms. The van der Waals surface area contributed by atoms with Crippen LogP contribution in [0.2, 0.25) is 0 Å². The highest BCUT2D eigenvalue weighted by molar-refractivity contribution is 7.98. The molecule has 2 aromatic rings. The van der Waals surface area contributed by atoms with Crippen LogP contribution in [0.5, 0.6) is 0 Å². The van der Waals surface area contributed by atoms with Crippen molar-refractivity contribution in [2.45, 2.75) is 18.4 Å². The van der Waals surface area contributed by atoms with Gasteiger partial charge in [-0.05, 0) is 48.6 Å². The number of aromatic carboxylic acids is 1. The van der Waals surface area contributed by atoms with Gasteiger partial charge < -0.3 is 10.4 Å². The summed E-state index contributed by atoms with van der Waals surface area (Å²) in [7, 11) is 0. The molecule has 20 heavy (non-hydrogen) atoms. The number of thioether (sulfide) groups is 1. The Morgan fingerprint density at radius 2 is 1.90 bits per heavy atom. The number of anilines is 1. The highest BCUT2D eigenvalue weighted by Crippen LogP contribution is 2.19. The van der Waals surface area contributed by atoms with Crippen LogP contribution >= 0.6 is 11.8 Å². The molecule has 0 unspecified atom stereocenters. The number of rotatable bonds is 5. The third-order valence-electron chi connectivity index (χ3n) is 3.13. The first-order chi connectivity index (χ1) is 9.60. The lowest BCUT2D eigenvalue weighted by Gasteiger charge is -2.11. The van der Waals surface area contributed by atoms with Gasteiger partial charge in [0.1, 0.15) is 0 Å². The van der Waals surface area contributed by atoms with Crippen LogP contribution in [0.15, 0.2) is 47.4 Å². The molecule has 0 radical (unpaired) electrons. The van der Waals surface area contributed by atoms with E-state index in [1.165, 1.54) is 10.5 Å². The molecule has 0 saturated carbocycles. The molecular formula is C16H17NO2S. The number of carbonyl (C=O) groups is 1.